The Kier molecular flexibility index (Phi) is 3.04. The number of nitrogens with zero attached hydrogens (tertiary/aromatic N) is 3. The van der Waals surface area contributed by atoms with Crippen molar-refractivity contribution in [2.75, 3.05) is 18.0 Å². The Balaban J connectivity index is 2.12. The molecule has 1 unspecified atom stereocenters. The van der Waals surface area contributed by atoms with E-state index in [0.717, 1.165) is 44.7 Å². The minimum atomic E-state index is 0.181. The maximum atomic E-state index is 10.8. The van der Waals surface area contributed by atoms with Crippen molar-refractivity contribution in [2.24, 2.45) is 5.92 Å². The molecule has 1 aliphatic rings. The Labute approximate surface area is 89.9 Å². The topological polar surface area (TPSA) is 38.1 Å². The maximum Gasteiger partial charge on any atom is 0.205 e. The van der Waals surface area contributed by atoms with Crippen LogP contribution in [0, 0.1) is 5.92 Å². The number of aldehydes is 1. The molecule has 1 aromatic heterocycles. The second-order valence-corrected chi connectivity index (χ2v) is 4.00. The van der Waals surface area contributed by atoms with E-state index in [1.165, 1.54) is 0 Å². The van der Waals surface area contributed by atoms with Crippen molar-refractivity contribution in [3.05, 3.63) is 12.4 Å². The summed E-state index contributed by atoms with van der Waals surface area (Å²) in [5.74, 6) is 1.19. The molecule has 2 heterocycles. The fourth-order valence-electron chi connectivity index (χ4n) is 2.13. The SMILES string of the molecule is CCn1ccnc1N1CCCC(C=O)C1. The van der Waals surface area contributed by atoms with Gasteiger partial charge in [0.2, 0.25) is 5.95 Å². The molecule has 0 aromatic carbocycles. The van der Waals surface area contributed by atoms with Gasteiger partial charge in [0.05, 0.1) is 0 Å². The number of hydrogen-bond donors (Lipinski definition) is 0. The molecular formula is C11H17N3O. The number of aromatic nitrogens is 2. The average Bonchev–Trinajstić information content (AvgIpc) is 2.77. The lowest BCUT2D eigenvalue weighted by Crippen LogP contribution is -2.37. The summed E-state index contributed by atoms with van der Waals surface area (Å²) in [4.78, 5) is 17.3. The molecule has 0 bridgehead atoms. The molecule has 0 N–H and O–H groups in total. The number of carbonyl (C=O) groups excluding carboxylic acids is 1. The maximum absolute atomic E-state index is 10.8. The van der Waals surface area contributed by atoms with Crippen LogP contribution in [0.25, 0.3) is 0 Å². The molecule has 82 valence electrons. The van der Waals surface area contributed by atoms with Crippen LogP contribution in [-0.4, -0.2) is 28.9 Å². The van der Waals surface area contributed by atoms with E-state index in [1.807, 2.05) is 12.4 Å². The summed E-state index contributed by atoms with van der Waals surface area (Å²) in [6.07, 6.45) is 6.99. The fourth-order valence-corrected chi connectivity index (χ4v) is 2.13. The van der Waals surface area contributed by atoms with Crippen LogP contribution in [0.4, 0.5) is 5.95 Å². The lowest BCUT2D eigenvalue weighted by molar-refractivity contribution is -0.111. The Morgan fingerprint density at radius 2 is 2.53 bits per heavy atom. The standard InChI is InChI=1S/C11H17N3O/c1-2-13-7-5-12-11(13)14-6-3-4-10(8-14)9-15/h5,7,9-10H,2-4,6,8H2,1H3. The van der Waals surface area contributed by atoms with E-state index < -0.39 is 0 Å². The summed E-state index contributed by atoms with van der Waals surface area (Å²) in [6.45, 7) is 4.87. The number of hydrogen-bond acceptors (Lipinski definition) is 3. The van der Waals surface area contributed by atoms with Gasteiger partial charge in [-0.15, -0.1) is 0 Å². The molecule has 1 atom stereocenters. The zero-order valence-electron chi connectivity index (χ0n) is 9.09. The molecular weight excluding hydrogens is 190 g/mol. The Hall–Kier alpha value is -1.32. The van der Waals surface area contributed by atoms with Crippen molar-refractivity contribution < 1.29 is 4.79 Å². The molecule has 4 nitrogen and oxygen atoms in total. The first-order valence-electron chi connectivity index (χ1n) is 5.56. The van der Waals surface area contributed by atoms with E-state index in [2.05, 4.69) is 21.4 Å². The molecule has 15 heavy (non-hydrogen) atoms. The molecule has 1 fully saturated rings. The predicted molar refractivity (Wildman–Crippen MR) is 58.9 cm³/mol. The van der Waals surface area contributed by atoms with E-state index >= 15 is 0 Å². The van der Waals surface area contributed by atoms with Crippen molar-refractivity contribution >= 4 is 12.2 Å². The number of anilines is 1. The third kappa shape index (κ3) is 2.03. The van der Waals surface area contributed by atoms with Crippen LogP contribution in [-0.2, 0) is 11.3 Å². The molecule has 2 rings (SSSR count). The van der Waals surface area contributed by atoms with Gasteiger partial charge < -0.3 is 14.3 Å². The van der Waals surface area contributed by atoms with Gasteiger partial charge in [0.1, 0.15) is 6.29 Å². The zero-order valence-corrected chi connectivity index (χ0v) is 9.09. The molecule has 0 spiro atoms. The minimum Gasteiger partial charge on any atom is -0.342 e. The van der Waals surface area contributed by atoms with Crippen LogP contribution in [0.5, 0.6) is 0 Å². The predicted octanol–water partition coefficient (Wildman–Crippen LogP) is 1.32. The van der Waals surface area contributed by atoms with Gasteiger partial charge in [-0.1, -0.05) is 0 Å². The van der Waals surface area contributed by atoms with Gasteiger partial charge in [-0.25, -0.2) is 4.98 Å². The minimum absolute atomic E-state index is 0.181. The zero-order chi connectivity index (χ0) is 10.7. The summed E-state index contributed by atoms with van der Waals surface area (Å²) in [7, 11) is 0. The van der Waals surface area contributed by atoms with E-state index in [0.29, 0.717) is 0 Å². The molecule has 1 saturated heterocycles. The molecule has 0 aliphatic carbocycles. The molecule has 0 radical (unpaired) electrons. The number of carbonyl (C=O) groups is 1. The highest BCUT2D eigenvalue weighted by molar-refractivity contribution is 5.55. The molecule has 1 aliphatic heterocycles. The van der Waals surface area contributed by atoms with Gasteiger partial charge in [0, 0.05) is 37.9 Å². The van der Waals surface area contributed by atoms with Crippen LogP contribution in [0.3, 0.4) is 0 Å². The van der Waals surface area contributed by atoms with E-state index in [1.54, 1.807) is 0 Å². The largest absolute Gasteiger partial charge is 0.342 e. The third-order valence-electron chi connectivity index (χ3n) is 2.97. The first kappa shape index (κ1) is 10.2. The first-order chi connectivity index (χ1) is 7.35. The number of imidazole rings is 1. The van der Waals surface area contributed by atoms with Gasteiger partial charge >= 0.3 is 0 Å². The summed E-state index contributed by atoms with van der Waals surface area (Å²) in [6, 6.07) is 0. The van der Waals surface area contributed by atoms with Gasteiger partial charge in [0.15, 0.2) is 0 Å². The number of piperidine rings is 1. The fraction of sp³-hybridized carbons (Fsp3) is 0.636. The van der Waals surface area contributed by atoms with Gasteiger partial charge in [-0.05, 0) is 19.8 Å². The van der Waals surface area contributed by atoms with Crippen molar-refractivity contribution in [1.82, 2.24) is 9.55 Å². The Morgan fingerprint density at radius 1 is 1.67 bits per heavy atom. The summed E-state index contributed by atoms with van der Waals surface area (Å²) in [5.41, 5.74) is 0. The van der Waals surface area contributed by atoms with Crippen molar-refractivity contribution in [2.45, 2.75) is 26.3 Å². The van der Waals surface area contributed by atoms with Crippen molar-refractivity contribution in [3.63, 3.8) is 0 Å². The molecule has 4 heteroatoms. The highest BCUT2D eigenvalue weighted by Gasteiger charge is 2.21. The lowest BCUT2D eigenvalue weighted by Gasteiger charge is -2.31. The second kappa shape index (κ2) is 4.47. The van der Waals surface area contributed by atoms with Crippen LogP contribution >= 0.6 is 0 Å². The van der Waals surface area contributed by atoms with Crippen LogP contribution in [0.1, 0.15) is 19.8 Å². The summed E-state index contributed by atoms with van der Waals surface area (Å²) >= 11 is 0. The molecule has 0 amide bonds. The van der Waals surface area contributed by atoms with Gasteiger partial charge in [-0.2, -0.15) is 0 Å². The van der Waals surface area contributed by atoms with Gasteiger partial charge in [0.25, 0.3) is 0 Å². The van der Waals surface area contributed by atoms with Crippen LogP contribution < -0.4 is 4.90 Å². The number of aryl methyl sites for hydroxylation is 1. The Morgan fingerprint density at radius 3 is 3.27 bits per heavy atom. The molecule has 0 saturated carbocycles. The smallest absolute Gasteiger partial charge is 0.205 e. The molecule has 1 aromatic rings. The Bertz CT molecular complexity index is 334. The summed E-state index contributed by atoms with van der Waals surface area (Å²) in [5, 5.41) is 0. The highest BCUT2D eigenvalue weighted by atomic mass is 16.1. The average molecular weight is 207 g/mol. The van der Waals surface area contributed by atoms with Crippen molar-refractivity contribution in [1.29, 1.82) is 0 Å². The third-order valence-corrected chi connectivity index (χ3v) is 2.97. The van der Waals surface area contributed by atoms with Crippen molar-refractivity contribution in [3.8, 4) is 0 Å². The normalized spacial score (nSPS) is 21.7. The summed E-state index contributed by atoms with van der Waals surface area (Å²) < 4.78 is 2.12. The second-order valence-electron chi connectivity index (χ2n) is 4.00. The monoisotopic (exact) mass is 207 g/mol. The highest BCUT2D eigenvalue weighted by Crippen LogP contribution is 2.20. The van der Waals surface area contributed by atoms with E-state index in [4.69, 9.17) is 0 Å². The van der Waals surface area contributed by atoms with E-state index in [9.17, 15) is 4.79 Å². The number of rotatable bonds is 3. The van der Waals surface area contributed by atoms with Crippen LogP contribution in [0.2, 0.25) is 0 Å². The lowest BCUT2D eigenvalue weighted by atomic mass is 10.0. The quantitative estimate of drug-likeness (QED) is 0.702. The first-order valence-corrected chi connectivity index (χ1v) is 5.56. The van der Waals surface area contributed by atoms with Crippen LogP contribution in [0.15, 0.2) is 12.4 Å². The van der Waals surface area contributed by atoms with E-state index in [-0.39, 0.29) is 5.92 Å². The van der Waals surface area contributed by atoms with Gasteiger partial charge in [-0.3, -0.25) is 0 Å².